The molecule has 1 aliphatic heterocycles. The van der Waals surface area contributed by atoms with Gasteiger partial charge in [0.2, 0.25) is 20.6 Å². The molecule has 0 aromatic heterocycles. The summed E-state index contributed by atoms with van der Waals surface area (Å²) in [6.45, 7) is 0. The first kappa shape index (κ1) is 10.0. The van der Waals surface area contributed by atoms with E-state index in [-0.39, 0.29) is 14.0 Å². The van der Waals surface area contributed by atoms with E-state index < -0.39 is 20.6 Å². The fraction of sp³-hybridized carbons (Fsp3) is 0. The highest BCUT2D eigenvalue weighted by atomic mass is 32.2. The summed E-state index contributed by atoms with van der Waals surface area (Å²) in [6.07, 6.45) is 1.03. The molecule has 0 aliphatic carbocycles. The molecule has 1 heterocycles. The zero-order valence-electron chi connectivity index (χ0n) is 5.88. The average molecular weight is 235 g/mol. The molecule has 0 saturated carbocycles. The minimum Gasteiger partial charge on any atom is -0.192 e. The topological polar surface area (TPSA) is 92.1 Å². The normalized spacial score (nSPS) is 15.2. The van der Waals surface area contributed by atoms with E-state index in [1.807, 2.05) is 0 Å². The SMILES string of the molecule is N#CC1=CC(=S(=O)=O)SC1=S(=O)=O. The summed E-state index contributed by atoms with van der Waals surface area (Å²) in [4.78, 5) is 0. The number of rotatable bonds is 0. The van der Waals surface area contributed by atoms with Crippen molar-refractivity contribution in [3.8, 4) is 6.07 Å². The van der Waals surface area contributed by atoms with Crippen LogP contribution in [0.1, 0.15) is 0 Å². The quantitative estimate of drug-likeness (QED) is 0.510. The maximum Gasteiger partial charge on any atom is 0.229 e. The molecule has 13 heavy (non-hydrogen) atoms. The average Bonchev–Trinajstić information content (AvgIpc) is 2.47. The Hall–Kier alpha value is -1.04. The van der Waals surface area contributed by atoms with E-state index in [2.05, 4.69) is 0 Å². The van der Waals surface area contributed by atoms with Gasteiger partial charge in [-0.2, -0.15) is 22.1 Å². The van der Waals surface area contributed by atoms with Crippen LogP contribution in [0, 0.1) is 11.3 Å². The zero-order chi connectivity index (χ0) is 10.0. The molecule has 68 valence electrons. The number of nitrogens with zero attached hydrogens (tertiary/aromatic N) is 1. The molecule has 0 fully saturated rings. The Labute approximate surface area is 80.7 Å². The van der Waals surface area contributed by atoms with Crippen molar-refractivity contribution in [3.63, 3.8) is 0 Å². The van der Waals surface area contributed by atoms with Crippen molar-refractivity contribution < 1.29 is 16.8 Å². The molecule has 0 aromatic rings. The highest BCUT2D eigenvalue weighted by Gasteiger charge is 2.21. The maximum atomic E-state index is 10.5. The van der Waals surface area contributed by atoms with Crippen LogP contribution >= 0.6 is 11.8 Å². The lowest BCUT2D eigenvalue weighted by atomic mass is 10.3. The Morgan fingerprint density at radius 2 is 1.85 bits per heavy atom. The summed E-state index contributed by atoms with van der Waals surface area (Å²) in [5.74, 6) is 0. The molecule has 0 spiro atoms. The third-order valence-electron chi connectivity index (χ3n) is 1.11. The Kier molecular flexibility index (Phi) is 2.92. The largest absolute Gasteiger partial charge is 0.229 e. The minimum atomic E-state index is -2.56. The number of hydrogen-bond donors (Lipinski definition) is 0. The van der Waals surface area contributed by atoms with Crippen molar-refractivity contribution in [1.82, 2.24) is 0 Å². The summed E-state index contributed by atoms with van der Waals surface area (Å²) < 4.78 is 41.4. The molecule has 0 atom stereocenters. The third-order valence-corrected chi connectivity index (χ3v) is 4.12. The molecule has 0 radical (unpaired) electrons. The van der Waals surface area contributed by atoms with E-state index in [0.29, 0.717) is 11.8 Å². The van der Waals surface area contributed by atoms with Crippen LogP contribution in [0.4, 0.5) is 0 Å². The second-order valence-electron chi connectivity index (χ2n) is 1.85. The molecule has 0 N–H and O–H groups in total. The molecule has 0 bridgehead atoms. The van der Waals surface area contributed by atoms with E-state index in [0.717, 1.165) is 6.08 Å². The van der Waals surface area contributed by atoms with Crippen LogP contribution < -0.4 is 0 Å². The Morgan fingerprint density at radius 1 is 1.23 bits per heavy atom. The molecule has 5 nitrogen and oxygen atoms in total. The van der Waals surface area contributed by atoms with Crippen LogP contribution in [-0.2, 0) is 20.6 Å². The lowest BCUT2D eigenvalue weighted by Gasteiger charge is -1.82. The monoisotopic (exact) mass is 235 g/mol. The van der Waals surface area contributed by atoms with Crippen molar-refractivity contribution in [1.29, 1.82) is 5.26 Å². The Bertz CT molecular complexity index is 568. The van der Waals surface area contributed by atoms with Gasteiger partial charge >= 0.3 is 0 Å². The van der Waals surface area contributed by atoms with Crippen molar-refractivity contribution in [3.05, 3.63) is 11.6 Å². The number of thioether (sulfide) groups is 1. The molecule has 0 aromatic carbocycles. The molecule has 0 amide bonds. The second kappa shape index (κ2) is 3.78. The van der Waals surface area contributed by atoms with Gasteiger partial charge in [-0.05, 0) is 6.08 Å². The summed E-state index contributed by atoms with van der Waals surface area (Å²) in [5, 5.41) is 8.44. The van der Waals surface area contributed by atoms with Gasteiger partial charge in [0.25, 0.3) is 0 Å². The van der Waals surface area contributed by atoms with Gasteiger partial charge in [0, 0.05) is 0 Å². The van der Waals surface area contributed by atoms with Gasteiger partial charge in [-0.25, -0.2) is 0 Å². The molecular formula is C5HNO4S3. The van der Waals surface area contributed by atoms with Crippen LogP contribution in [0.3, 0.4) is 0 Å². The maximum absolute atomic E-state index is 10.5. The van der Waals surface area contributed by atoms with Crippen molar-refractivity contribution in [2.45, 2.75) is 0 Å². The van der Waals surface area contributed by atoms with Crippen molar-refractivity contribution in [2.75, 3.05) is 0 Å². The fourth-order valence-corrected chi connectivity index (χ4v) is 2.93. The van der Waals surface area contributed by atoms with Crippen LogP contribution in [-0.4, -0.2) is 25.2 Å². The van der Waals surface area contributed by atoms with Crippen molar-refractivity contribution in [2.24, 2.45) is 0 Å². The van der Waals surface area contributed by atoms with E-state index >= 15 is 0 Å². The highest BCUT2D eigenvalue weighted by Crippen LogP contribution is 2.21. The lowest BCUT2D eigenvalue weighted by Crippen LogP contribution is -1.91. The number of hydrogen-bond acceptors (Lipinski definition) is 6. The summed E-state index contributed by atoms with van der Waals surface area (Å²) in [6, 6.07) is 1.60. The third kappa shape index (κ3) is 2.00. The summed E-state index contributed by atoms with van der Waals surface area (Å²) >= 11 is 0.552. The van der Waals surface area contributed by atoms with Gasteiger partial charge in [0.1, 0.15) is 10.3 Å². The summed E-state index contributed by atoms with van der Waals surface area (Å²) in [5.41, 5.74) is -0.141. The minimum absolute atomic E-state index is 0.141. The van der Waals surface area contributed by atoms with E-state index in [4.69, 9.17) is 5.26 Å². The molecule has 0 saturated heterocycles. The van der Waals surface area contributed by atoms with Gasteiger partial charge < -0.3 is 0 Å². The van der Waals surface area contributed by atoms with E-state index in [1.54, 1.807) is 6.07 Å². The zero-order valence-corrected chi connectivity index (χ0v) is 8.33. The first-order valence-corrected chi connectivity index (χ1v) is 5.75. The predicted molar refractivity (Wildman–Crippen MR) is 49.1 cm³/mol. The van der Waals surface area contributed by atoms with Crippen LogP contribution in [0.2, 0.25) is 0 Å². The smallest absolute Gasteiger partial charge is 0.192 e. The van der Waals surface area contributed by atoms with Crippen LogP contribution in [0.15, 0.2) is 11.6 Å². The van der Waals surface area contributed by atoms with Crippen molar-refractivity contribution >= 4 is 40.7 Å². The Balaban J connectivity index is 3.52. The molecule has 1 aliphatic rings. The standard InChI is InChI=1S/C5HNO4S3/c6-2-3-1-4(12(7)8)11-5(3)13(9)10/h1H. The van der Waals surface area contributed by atoms with Gasteiger partial charge in [-0.1, -0.05) is 11.8 Å². The van der Waals surface area contributed by atoms with Crippen LogP contribution in [0.5, 0.6) is 0 Å². The lowest BCUT2D eigenvalue weighted by molar-refractivity contribution is 0.626. The summed E-state index contributed by atoms with van der Waals surface area (Å²) in [7, 11) is -5.06. The van der Waals surface area contributed by atoms with Gasteiger partial charge in [-0.3, -0.25) is 0 Å². The first-order valence-electron chi connectivity index (χ1n) is 2.78. The molecular weight excluding hydrogens is 234 g/mol. The first-order chi connectivity index (χ1) is 6.06. The number of nitriles is 1. The van der Waals surface area contributed by atoms with Gasteiger partial charge in [0.05, 0.1) is 5.57 Å². The van der Waals surface area contributed by atoms with E-state index in [9.17, 15) is 16.8 Å². The molecule has 0 unspecified atom stereocenters. The van der Waals surface area contributed by atoms with Crippen LogP contribution in [0.25, 0.3) is 0 Å². The van der Waals surface area contributed by atoms with Gasteiger partial charge in [0.15, 0.2) is 4.20 Å². The molecule has 8 heteroatoms. The highest BCUT2D eigenvalue weighted by molar-refractivity contribution is 8.38. The fourth-order valence-electron chi connectivity index (χ4n) is 0.636. The second-order valence-corrected chi connectivity index (χ2v) is 5.20. The predicted octanol–water partition coefficient (Wildman–Crippen LogP) is -0.799. The molecule has 1 rings (SSSR count). The van der Waals surface area contributed by atoms with E-state index in [1.165, 1.54) is 0 Å². The Morgan fingerprint density at radius 3 is 2.15 bits per heavy atom. The van der Waals surface area contributed by atoms with Gasteiger partial charge in [-0.15, -0.1) is 0 Å².